The zero-order valence-corrected chi connectivity index (χ0v) is 23.6. The summed E-state index contributed by atoms with van der Waals surface area (Å²) in [7, 11) is 1.73. The molecule has 0 spiro atoms. The number of nitrogens with zero attached hydrogens (tertiary/aromatic N) is 4. The Bertz CT molecular complexity index is 1310. The lowest BCUT2D eigenvalue weighted by Crippen LogP contribution is -2.44. The van der Waals surface area contributed by atoms with Gasteiger partial charge in [-0.3, -0.25) is 24.0 Å². The van der Waals surface area contributed by atoms with Crippen LogP contribution in [0.5, 0.6) is 0 Å². The average Bonchev–Trinajstić information content (AvgIpc) is 3.13. The van der Waals surface area contributed by atoms with Crippen molar-refractivity contribution in [2.24, 2.45) is 18.9 Å². The Balaban J connectivity index is 1.17. The molecular weight excluding hydrogens is 498 g/mol. The molecule has 10 nitrogen and oxygen atoms in total. The van der Waals surface area contributed by atoms with Crippen LogP contribution >= 0.6 is 0 Å². The van der Waals surface area contributed by atoms with Gasteiger partial charge in [0.1, 0.15) is 11.6 Å². The first-order chi connectivity index (χ1) is 18.5. The van der Waals surface area contributed by atoms with Gasteiger partial charge in [0.05, 0.1) is 11.0 Å². The first-order valence-electron chi connectivity index (χ1n) is 14.3. The molecule has 3 amide bonds. The largest absolute Gasteiger partial charge is 0.444 e. The van der Waals surface area contributed by atoms with E-state index in [0.29, 0.717) is 23.8 Å². The number of ether oxygens (including phenoxy) is 1. The van der Waals surface area contributed by atoms with Crippen LogP contribution in [0.2, 0.25) is 0 Å². The first-order valence-corrected chi connectivity index (χ1v) is 14.3. The van der Waals surface area contributed by atoms with Gasteiger partial charge in [-0.2, -0.15) is 0 Å². The summed E-state index contributed by atoms with van der Waals surface area (Å²) in [5.74, 6) is 0.628. The molecule has 1 N–H and O–H groups in total. The second-order valence-electron chi connectivity index (χ2n) is 12.4. The second-order valence-corrected chi connectivity index (χ2v) is 12.4. The lowest BCUT2D eigenvalue weighted by atomic mass is 9.83. The maximum atomic E-state index is 13.1. The Labute approximate surface area is 229 Å². The van der Waals surface area contributed by atoms with Crippen molar-refractivity contribution in [3.05, 3.63) is 28.7 Å². The molecule has 212 valence electrons. The molecule has 3 aliphatic heterocycles. The van der Waals surface area contributed by atoms with Crippen LogP contribution in [0.15, 0.2) is 23.0 Å². The second kappa shape index (κ2) is 10.7. The van der Waals surface area contributed by atoms with E-state index in [2.05, 4.69) is 10.2 Å². The standard InChI is InChI=1S/C29H41N5O5/c1-29(2,3)39-28(38)33-15-11-20(12-16-33)17-19-9-13-32(14-10-19)21-5-6-22-24(18-21)31(4)27(37)34(22)23-7-8-25(35)30-26(23)36/h5-6,18-20,23H,7-17H2,1-4H3,(H,30,35,36). The minimum absolute atomic E-state index is 0.198. The van der Waals surface area contributed by atoms with Crippen molar-refractivity contribution in [3.8, 4) is 0 Å². The van der Waals surface area contributed by atoms with Crippen molar-refractivity contribution in [2.75, 3.05) is 31.1 Å². The number of amides is 3. The highest BCUT2D eigenvalue weighted by Gasteiger charge is 2.32. The number of carbonyl (C=O) groups excluding carboxylic acids is 3. The summed E-state index contributed by atoms with van der Waals surface area (Å²) in [4.78, 5) is 53.7. The van der Waals surface area contributed by atoms with Gasteiger partial charge >= 0.3 is 11.8 Å². The molecule has 5 rings (SSSR count). The monoisotopic (exact) mass is 539 g/mol. The van der Waals surface area contributed by atoms with E-state index < -0.39 is 17.6 Å². The number of benzene rings is 1. The topological polar surface area (TPSA) is 106 Å². The van der Waals surface area contributed by atoms with Gasteiger partial charge in [0, 0.05) is 45.3 Å². The molecular formula is C29H41N5O5. The summed E-state index contributed by atoms with van der Waals surface area (Å²) in [6.07, 6.45) is 5.90. The van der Waals surface area contributed by atoms with Gasteiger partial charge in [-0.15, -0.1) is 0 Å². The quantitative estimate of drug-likeness (QED) is 0.596. The van der Waals surface area contributed by atoms with Crippen LogP contribution in [0.3, 0.4) is 0 Å². The van der Waals surface area contributed by atoms with E-state index in [1.54, 1.807) is 11.6 Å². The molecule has 3 fully saturated rings. The van der Waals surface area contributed by atoms with Gasteiger partial charge < -0.3 is 14.5 Å². The molecule has 0 bridgehead atoms. The molecule has 3 saturated heterocycles. The van der Waals surface area contributed by atoms with Crippen LogP contribution in [0.4, 0.5) is 10.5 Å². The minimum atomic E-state index is -0.670. The van der Waals surface area contributed by atoms with Crippen LogP contribution in [0.1, 0.15) is 71.8 Å². The van der Waals surface area contributed by atoms with E-state index in [-0.39, 0.29) is 24.1 Å². The lowest BCUT2D eigenvalue weighted by molar-refractivity contribution is -0.135. The number of aryl methyl sites for hydroxylation is 1. The van der Waals surface area contributed by atoms with Crippen molar-refractivity contribution < 1.29 is 19.1 Å². The lowest BCUT2D eigenvalue weighted by Gasteiger charge is -2.37. The number of imide groups is 1. The van der Waals surface area contributed by atoms with E-state index in [1.165, 1.54) is 11.0 Å². The van der Waals surface area contributed by atoms with Crippen LogP contribution < -0.4 is 15.9 Å². The van der Waals surface area contributed by atoms with Gasteiger partial charge in [0.25, 0.3) is 0 Å². The minimum Gasteiger partial charge on any atom is -0.444 e. The Morgan fingerprint density at radius 3 is 2.21 bits per heavy atom. The maximum absolute atomic E-state index is 13.1. The third kappa shape index (κ3) is 5.84. The number of anilines is 1. The zero-order chi connectivity index (χ0) is 27.9. The first kappa shape index (κ1) is 27.3. The number of aromatic nitrogens is 2. The molecule has 1 unspecified atom stereocenters. The highest BCUT2D eigenvalue weighted by molar-refractivity contribution is 6.00. The van der Waals surface area contributed by atoms with Gasteiger partial charge in [-0.1, -0.05) is 0 Å². The summed E-state index contributed by atoms with van der Waals surface area (Å²) < 4.78 is 8.65. The Hall–Kier alpha value is -3.30. The molecule has 4 heterocycles. The van der Waals surface area contributed by atoms with Crippen LogP contribution in [0.25, 0.3) is 11.0 Å². The number of nitrogens with one attached hydrogen (secondary N) is 1. The third-order valence-corrected chi connectivity index (χ3v) is 8.51. The summed E-state index contributed by atoms with van der Waals surface area (Å²) in [5.41, 5.74) is 1.89. The number of fused-ring (bicyclic) bond motifs is 1. The number of imidazole rings is 1. The summed E-state index contributed by atoms with van der Waals surface area (Å²) in [5, 5.41) is 2.36. The predicted octanol–water partition coefficient (Wildman–Crippen LogP) is 3.57. The smallest absolute Gasteiger partial charge is 0.410 e. The molecule has 39 heavy (non-hydrogen) atoms. The molecule has 1 aromatic carbocycles. The van der Waals surface area contributed by atoms with Crippen molar-refractivity contribution in [3.63, 3.8) is 0 Å². The summed E-state index contributed by atoms with van der Waals surface area (Å²) in [6.45, 7) is 9.19. The predicted molar refractivity (Wildman–Crippen MR) is 149 cm³/mol. The fourth-order valence-electron chi connectivity index (χ4n) is 6.35. The van der Waals surface area contributed by atoms with Gasteiger partial charge in [0.15, 0.2) is 0 Å². The summed E-state index contributed by atoms with van der Waals surface area (Å²) >= 11 is 0. The Kier molecular flexibility index (Phi) is 7.48. The van der Waals surface area contributed by atoms with Gasteiger partial charge in [-0.05, 0) is 89.3 Å². The fraction of sp³-hybridized carbons (Fsp3) is 0.655. The molecule has 0 aliphatic carbocycles. The average molecular weight is 540 g/mol. The van der Waals surface area contributed by atoms with E-state index in [0.717, 1.165) is 63.1 Å². The zero-order valence-electron chi connectivity index (χ0n) is 23.6. The van der Waals surface area contributed by atoms with E-state index in [1.807, 2.05) is 43.9 Å². The van der Waals surface area contributed by atoms with Crippen LogP contribution in [-0.2, 0) is 21.4 Å². The highest BCUT2D eigenvalue weighted by Crippen LogP contribution is 2.33. The molecule has 0 radical (unpaired) electrons. The number of likely N-dealkylation sites (tertiary alicyclic amines) is 1. The Morgan fingerprint density at radius 2 is 1.59 bits per heavy atom. The number of hydrogen-bond acceptors (Lipinski definition) is 6. The third-order valence-electron chi connectivity index (χ3n) is 8.51. The van der Waals surface area contributed by atoms with E-state index in [4.69, 9.17) is 4.74 Å². The summed E-state index contributed by atoms with van der Waals surface area (Å²) in [6, 6.07) is 5.35. The van der Waals surface area contributed by atoms with Crippen molar-refractivity contribution >= 4 is 34.6 Å². The van der Waals surface area contributed by atoms with Gasteiger partial charge in [-0.25, -0.2) is 9.59 Å². The SMILES string of the molecule is Cn1c(=O)n(C2CCC(=O)NC2=O)c2ccc(N3CCC(CC4CCN(C(=O)OC(C)(C)C)CC4)CC3)cc21. The molecule has 0 saturated carbocycles. The van der Waals surface area contributed by atoms with Crippen LogP contribution in [-0.4, -0.2) is 63.7 Å². The van der Waals surface area contributed by atoms with E-state index in [9.17, 15) is 19.2 Å². The molecule has 10 heteroatoms. The maximum Gasteiger partial charge on any atom is 0.410 e. The Morgan fingerprint density at radius 1 is 0.949 bits per heavy atom. The normalized spacial score (nSPS) is 21.9. The molecule has 3 aliphatic rings. The molecule has 1 atom stereocenters. The number of rotatable bonds is 4. The van der Waals surface area contributed by atoms with Gasteiger partial charge in [0.2, 0.25) is 11.8 Å². The number of piperidine rings is 3. The molecule has 2 aromatic rings. The van der Waals surface area contributed by atoms with Crippen molar-refractivity contribution in [1.29, 1.82) is 0 Å². The van der Waals surface area contributed by atoms with Crippen molar-refractivity contribution in [2.45, 2.75) is 77.4 Å². The number of carbonyl (C=O) groups is 3. The fourth-order valence-corrected chi connectivity index (χ4v) is 6.35. The van der Waals surface area contributed by atoms with Crippen LogP contribution in [0, 0.1) is 11.8 Å². The molecule has 1 aromatic heterocycles. The number of hydrogen-bond donors (Lipinski definition) is 1. The van der Waals surface area contributed by atoms with E-state index >= 15 is 0 Å². The highest BCUT2D eigenvalue weighted by atomic mass is 16.6. The van der Waals surface area contributed by atoms with Crippen molar-refractivity contribution in [1.82, 2.24) is 19.4 Å².